The van der Waals surface area contributed by atoms with Crippen LogP contribution in [-0.4, -0.2) is 9.97 Å². The highest BCUT2D eigenvalue weighted by molar-refractivity contribution is 5.73. The first-order chi connectivity index (χ1) is 21.5. The first kappa shape index (κ1) is 31.6. The number of hydrogen-bond donors (Lipinski definition) is 0. The van der Waals surface area contributed by atoms with Gasteiger partial charge in [-0.3, -0.25) is 0 Å². The Balaban J connectivity index is 1.34. The van der Waals surface area contributed by atoms with Gasteiger partial charge in [-0.2, -0.15) is 8.78 Å². The molecule has 0 atom stereocenters. The fourth-order valence-corrected chi connectivity index (χ4v) is 4.75. The Labute approximate surface area is 253 Å². The maximum atomic E-state index is 15.1. The lowest BCUT2D eigenvalue weighted by atomic mass is 9.98. The zero-order valence-corrected chi connectivity index (χ0v) is 23.7. The minimum atomic E-state index is -4.71. The van der Waals surface area contributed by atoms with Crippen molar-refractivity contribution in [1.82, 2.24) is 9.97 Å². The molecule has 5 aromatic rings. The number of unbranched alkanes of at least 4 members (excludes halogenated alkanes) is 2. The van der Waals surface area contributed by atoms with E-state index in [2.05, 4.69) is 21.6 Å². The highest BCUT2D eigenvalue weighted by atomic mass is 19.3. The number of halogens is 8. The number of alkyl halides is 2. The van der Waals surface area contributed by atoms with Gasteiger partial charge < -0.3 is 4.74 Å². The van der Waals surface area contributed by atoms with Crippen molar-refractivity contribution < 1.29 is 39.9 Å². The third kappa shape index (κ3) is 6.97. The lowest BCUT2D eigenvalue weighted by Crippen LogP contribution is -2.25. The quantitative estimate of drug-likeness (QED) is 0.0877. The van der Waals surface area contributed by atoms with E-state index in [0.717, 1.165) is 31.2 Å². The molecule has 3 nitrogen and oxygen atoms in total. The molecule has 0 saturated carbocycles. The molecule has 45 heavy (non-hydrogen) atoms. The normalized spacial score (nSPS) is 11.6. The van der Waals surface area contributed by atoms with E-state index in [1.165, 1.54) is 30.3 Å². The van der Waals surface area contributed by atoms with Crippen LogP contribution in [0.25, 0.3) is 33.6 Å². The fourth-order valence-electron chi connectivity index (χ4n) is 4.75. The Morgan fingerprint density at radius 1 is 0.622 bits per heavy atom. The van der Waals surface area contributed by atoms with Gasteiger partial charge in [0, 0.05) is 35.7 Å². The summed E-state index contributed by atoms with van der Waals surface area (Å²) in [4.78, 5) is 8.69. The third-order valence-electron chi connectivity index (χ3n) is 7.07. The molecule has 0 amide bonds. The highest BCUT2D eigenvalue weighted by Crippen LogP contribution is 2.38. The van der Waals surface area contributed by atoms with Crippen molar-refractivity contribution in [3.05, 3.63) is 125 Å². The molecule has 0 spiro atoms. The lowest BCUT2D eigenvalue weighted by Gasteiger charge is -2.20. The second-order valence-corrected chi connectivity index (χ2v) is 10.3. The minimum absolute atomic E-state index is 0.120. The Morgan fingerprint density at radius 2 is 1.18 bits per heavy atom. The van der Waals surface area contributed by atoms with Crippen LogP contribution in [0.3, 0.4) is 0 Å². The standard InChI is InChI=1S/C34H24F8N2O/c1-2-3-4-5-19-17-43-33(44-18-19)22-10-11-25(26(35)12-22)21-8-6-20(7-9-21)23-13-27(36)31(28(37)14-23)34(41,42)45-24-15-29(38)32(40)30(39)16-24/h6-18H,2-5H2,1H3. The van der Waals surface area contributed by atoms with Crippen LogP contribution in [0.5, 0.6) is 5.75 Å². The first-order valence-electron chi connectivity index (χ1n) is 13.9. The van der Waals surface area contributed by atoms with Crippen LogP contribution in [-0.2, 0) is 12.5 Å². The van der Waals surface area contributed by atoms with Crippen molar-refractivity contribution in [2.24, 2.45) is 0 Å². The summed E-state index contributed by atoms with van der Waals surface area (Å²) in [6.07, 6.45) is 2.85. The van der Waals surface area contributed by atoms with Crippen molar-refractivity contribution in [3.63, 3.8) is 0 Å². The summed E-state index contributed by atoms with van der Waals surface area (Å²) in [7, 11) is 0. The van der Waals surface area contributed by atoms with Crippen molar-refractivity contribution in [3.8, 4) is 39.4 Å². The number of nitrogens with zero attached hydrogens (tertiary/aromatic N) is 2. The highest BCUT2D eigenvalue weighted by Gasteiger charge is 2.41. The number of rotatable bonds is 10. The predicted octanol–water partition coefficient (Wildman–Crippen LogP) is 10.2. The van der Waals surface area contributed by atoms with Crippen LogP contribution in [0, 0.1) is 34.9 Å². The van der Waals surface area contributed by atoms with Gasteiger partial charge in [-0.05, 0) is 53.3 Å². The molecular weight excluding hydrogens is 604 g/mol. The average Bonchev–Trinajstić information content (AvgIpc) is 2.99. The van der Waals surface area contributed by atoms with Gasteiger partial charge in [0.25, 0.3) is 0 Å². The lowest BCUT2D eigenvalue weighted by molar-refractivity contribution is -0.189. The van der Waals surface area contributed by atoms with Crippen LogP contribution in [0.15, 0.2) is 79.1 Å². The summed E-state index contributed by atoms with van der Waals surface area (Å²) in [5.74, 6) is -10.4. The molecule has 11 heteroatoms. The zero-order chi connectivity index (χ0) is 32.3. The van der Waals surface area contributed by atoms with Gasteiger partial charge in [0.05, 0.1) is 0 Å². The molecule has 0 N–H and O–H groups in total. The molecule has 1 heterocycles. The maximum Gasteiger partial charge on any atom is 0.432 e. The van der Waals surface area contributed by atoms with E-state index < -0.39 is 52.3 Å². The molecule has 0 bridgehead atoms. The van der Waals surface area contributed by atoms with Crippen LogP contribution < -0.4 is 4.74 Å². The van der Waals surface area contributed by atoms with E-state index in [9.17, 15) is 30.7 Å². The zero-order valence-electron chi connectivity index (χ0n) is 23.7. The molecule has 0 unspecified atom stereocenters. The van der Waals surface area contributed by atoms with Crippen molar-refractivity contribution >= 4 is 0 Å². The molecule has 0 aliphatic heterocycles. The Hall–Kier alpha value is -4.80. The van der Waals surface area contributed by atoms with Crippen LogP contribution in [0.2, 0.25) is 0 Å². The van der Waals surface area contributed by atoms with E-state index in [0.29, 0.717) is 29.1 Å². The van der Waals surface area contributed by atoms with E-state index in [-0.39, 0.29) is 28.8 Å². The molecule has 4 aromatic carbocycles. The van der Waals surface area contributed by atoms with Gasteiger partial charge in [0.2, 0.25) is 0 Å². The number of aromatic nitrogens is 2. The average molecular weight is 629 g/mol. The summed E-state index contributed by atoms with van der Waals surface area (Å²) in [5.41, 5.74) is 0.436. The fraction of sp³-hybridized carbons (Fsp3) is 0.176. The number of hydrogen-bond acceptors (Lipinski definition) is 3. The molecule has 1 aromatic heterocycles. The Kier molecular flexibility index (Phi) is 9.17. The molecular formula is C34H24F8N2O. The number of ether oxygens (including phenoxy) is 1. The largest absolute Gasteiger partial charge is 0.432 e. The van der Waals surface area contributed by atoms with Gasteiger partial charge in [0.1, 0.15) is 28.8 Å². The van der Waals surface area contributed by atoms with Crippen LogP contribution in [0.4, 0.5) is 35.1 Å². The van der Waals surface area contributed by atoms with Gasteiger partial charge in [-0.1, -0.05) is 56.2 Å². The SMILES string of the molecule is CCCCCc1cnc(-c2ccc(-c3ccc(-c4cc(F)c(C(F)(F)Oc5cc(F)c(F)c(F)c5)c(F)c4)cc3)c(F)c2)nc1. The molecule has 0 radical (unpaired) electrons. The Bertz CT molecular complexity index is 1780. The molecule has 232 valence electrons. The summed E-state index contributed by atoms with van der Waals surface area (Å²) < 4.78 is 118. The summed E-state index contributed by atoms with van der Waals surface area (Å²) in [6, 6.07) is 11.8. The van der Waals surface area contributed by atoms with Crippen molar-refractivity contribution in [1.29, 1.82) is 0 Å². The number of aryl methyl sites for hydroxylation is 1. The van der Waals surface area contributed by atoms with E-state index >= 15 is 4.39 Å². The summed E-state index contributed by atoms with van der Waals surface area (Å²) in [5, 5.41) is 0. The molecule has 0 aliphatic carbocycles. The van der Waals surface area contributed by atoms with Crippen LogP contribution >= 0.6 is 0 Å². The molecule has 0 saturated heterocycles. The van der Waals surface area contributed by atoms with E-state index in [1.807, 2.05) is 0 Å². The van der Waals surface area contributed by atoms with E-state index in [1.54, 1.807) is 24.5 Å². The minimum Gasteiger partial charge on any atom is -0.429 e. The molecule has 0 fully saturated rings. The van der Waals surface area contributed by atoms with Gasteiger partial charge in [0.15, 0.2) is 23.3 Å². The maximum absolute atomic E-state index is 15.1. The van der Waals surface area contributed by atoms with E-state index in [4.69, 9.17) is 0 Å². The second-order valence-electron chi connectivity index (χ2n) is 10.3. The topological polar surface area (TPSA) is 35.0 Å². The van der Waals surface area contributed by atoms with Crippen molar-refractivity contribution in [2.75, 3.05) is 0 Å². The van der Waals surface area contributed by atoms with Gasteiger partial charge in [-0.25, -0.2) is 36.3 Å². The molecule has 5 rings (SSSR count). The predicted molar refractivity (Wildman–Crippen MR) is 152 cm³/mol. The molecule has 0 aliphatic rings. The first-order valence-corrected chi connectivity index (χ1v) is 13.9. The smallest absolute Gasteiger partial charge is 0.429 e. The second kappa shape index (κ2) is 13.1. The third-order valence-corrected chi connectivity index (χ3v) is 7.07. The van der Waals surface area contributed by atoms with Crippen molar-refractivity contribution in [2.45, 2.75) is 38.7 Å². The summed E-state index contributed by atoms with van der Waals surface area (Å²) >= 11 is 0. The van der Waals surface area contributed by atoms with Gasteiger partial charge >= 0.3 is 6.11 Å². The Morgan fingerprint density at radius 3 is 1.76 bits per heavy atom. The summed E-state index contributed by atoms with van der Waals surface area (Å²) in [6.45, 7) is 2.12. The number of benzene rings is 4. The van der Waals surface area contributed by atoms with Gasteiger partial charge in [-0.15, -0.1) is 0 Å². The monoisotopic (exact) mass is 628 g/mol. The van der Waals surface area contributed by atoms with Crippen LogP contribution in [0.1, 0.15) is 37.3 Å².